The Morgan fingerprint density at radius 1 is 1.13 bits per heavy atom. The molecule has 2 aromatic rings. The Hall–Kier alpha value is -2.85. The standard InChI is InChI=1S/C21H26N4O5S/c1-24(31(27,28)17-5-6-18-19(12-17)30-11-10-29-18)15-21(26)23-14-16-4-7-20(22-13-16)25-8-2-3-9-25/h4-7,12-13H,2-3,8-11,14-15H2,1H3,(H,23,26). The lowest BCUT2D eigenvalue weighted by molar-refractivity contribution is -0.121. The molecule has 4 rings (SSSR count). The first-order valence-electron chi connectivity index (χ1n) is 10.3. The van der Waals surface area contributed by atoms with Crippen molar-refractivity contribution in [2.75, 3.05) is 44.8 Å². The number of sulfonamides is 1. The van der Waals surface area contributed by atoms with Gasteiger partial charge in [-0.1, -0.05) is 6.07 Å². The van der Waals surface area contributed by atoms with Crippen molar-refractivity contribution in [1.82, 2.24) is 14.6 Å². The first kappa shape index (κ1) is 21.4. The van der Waals surface area contributed by atoms with Gasteiger partial charge in [0, 0.05) is 38.9 Å². The smallest absolute Gasteiger partial charge is 0.243 e. The van der Waals surface area contributed by atoms with Gasteiger partial charge in [0.15, 0.2) is 11.5 Å². The Kier molecular flexibility index (Phi) is 6.28. The molecule has 2 aliphatic rings. The number of hydrogen-bond donors (Lipinski definition) is 1. The lowest BCUT2D eigenvalue weighted by Gasteiger charge is -2.21. The zero-order chi connectivity index (χ0) is 21.8. The molecular formula is C21H26N4O5S. The minimum absolute atomic E-state index is 0.0498. The van der Waals surface area contributed by atoms with Gasteiger partial charge in [0.05, 0.1) is 11.4 Å². The van der Waals surface area contributed by atoms with Gasteiger partial charge in [0.25, 0.3) is 0 Å². The van der Waals surface area contributed by atoms with Crippen LogP contribution in [0.5, 0.6) is 11.5 Å². The number of fused-ring (bicyclic) bond motifs is 1. The highest BCUT2D eigenvalue weighted by Gasteiger charge is 2.25. The number of nitrogens with one attached hydrogen (secondary N) is 1. The number of amides is 1. The molecule has 1 fully saturated rings. The predicted molar refractivity (Wildman–Crippen MR) is 115 cm³/mol. The quantitative estimate of drug-likeness (QED) is 0.686. The number of carbonyl (C=O) groups is 1. The molecule has 0 unspecified atom stereocenters. The lowest BCUT2D eigenvalue weighted by Crippen LogP contribution is -2.38. The topological polar surface area (TPSA) is 101 Å². The number of ether oxygens (including phenoxy) is 2. The van der Waals surface area contributed by atoms with E-state index < -0.39 is 15.9 Å². The number of anilines is 1. The van der Waals surface area contributed by atoms with Crippen molar-refractivity contribution in [2.24, 2.45) is 0 Å². The first-order valence-corrected chi connectivity index (χ1v) is 11.7. The fraction of sp³-hybridized carbons (Fsp3) is 0.429. The molecule has 0 atom stereocenters. The third-order valence-electron chi connectivity index (χ3n) is 5.32. The second-order valence-corrected chi connectivity index (χ2v) is 9.61. The number of rotatable bonds is 7. The largest absolute Gasteiger partial charge is 0.486 e. The molecular weight excluding hydrogens is 420 g/mol. The molecule has 31 heavy (non-hydrogen) atoms. The van der Waals surface area contributed by atoms with E-state index in [4.69, 9.17) is 9.47 Å². The molecule has 0 bridgehead atoms. The fourth-order valence-corrected chi connectivity index (χ4v) is 4.71. The van der Waals surface area contributed by atoms with Gasteiger partial charge in [0.1, 0.15) is 19.0 Å². The van der Waals surface area contributed by atoms with Crippen LogP contribution in [0.15, 0.2) is 41.4 Å². The number of pyridine rings is 1. The molecule has 2 aliphatic heterocycles. The van der Waals surface area contributed by atoms with Gasteiger partial charge in [-0.25, -0.2) is 13.4 Å². The maximum Gasteiger partial charge on any atom is 0.243 e. The van der Waals surface area contributed by atoms with Crippen LogP contribution in [0, 0.1) is 0 Å². The number of carbonyl (C=O) groups excluding carboxylic acids is 1. The summed E-state index contributed by atoms with van der Waals surface area (Å²) < 4.78 is 37.5. The summed E-state index contributed by atoms with van der Waals surface area (Å²) in [6.07, 6.45) is 4.11. The van der Waals surface area contributed by atoms with Gasteiger partial charge in [0.2, 0.25) is 15.9 Å². The van der Waals surface area contributed by atoms with E-state index in [2.05, 4.69) is 15.2 Å². The summed E-state index contributed by atoms with van der Waals surface area (Å²) in [6, 6.07) is 8.31. The maximum atomic E-state index is 12.8. The summed E-state index contributed by atoms with van der Waals surface area (Å²) in [7, 11) is -2.47. The summed E-state index contributed by atoms with van der Waals surface area (Å²) in [5.74, 6) is 1.44. The van der Waals surface area contributed by atoms with Crippen molar-refractivity contribution in [3.05, 3.63) is 42.1 Å². The summed E-state index contributed by atoms with van der Waals surface area (Å²) >= 11 is 0. The van der Waals surface area contributed by atoms with Crippen LogP contribution in [-0.4, -0.2) is 63.5 Å². The van der Waals surface area contributed by atoms with Gasteiger partial charge in [-0.05, 0) is 36.6 Å². The second kappa shape index (κ2) is 9.11. The van der Waals surface area contributed by atoms with E-state index in [-0.39, 0.29) is 18.0 Å². The highest BCUT2D eigenvalue weighted by molar-refractivity contribution is 7.89. The van der Waals surface area contributed by atoms with Crippen molar-refractivity contribution in [2.45, 2.75) is 24.3 Å². The Morgan fingerprint density at radius 3 is 2.58 bits per heavy atom. The molecule has 9 nitrogen and oxygen atoms in total. The Labute approximate surface area is 182 Å². The van der Waals surface area contributed by atoms with Crippen molar-refractivity contribution in [3.63, 3.8) is 0 Å². The normalized spacial score (nSPS) is 15.9. The Balaban J connectivity index is 1.32. The molecule has 10 heteroatoms. The maximum absolute atomic E-state index is 12.8. The van der Waals surface area contributed by atoms with E-state index in [9.17, 15) is 13.2 Å². The molecule has 1 amide bonds. The van der Waals surface area contributed by atoms with Crippen LogP contribution in [0.2, 0.25) is 0 Å². The number of likely N-dealkylation sites (N-methyl/N-ethyl adjacent to an activating group) is 1. The SMILES string of the molecule is CN(CC(=O)NCc1ccc(N2CCCC2)nc1)S(=O)(=O)c1ccc2c(c1)OCCO2. The van der Waals surface area contributed by atoms with Crippen LogP contribution in [0.4, 0.5) is 5.82 Å². The molecule has 0 radical (unpaired) electrons. The highest BCUT2D eigenvalue weighted by Crippen LogP contribution is 2.32. The van der Waals surface area contributed by atoms with Crippen LogP contribution in [-0.2, 0) is 21.4 Å². The molecule has 0 saturated carbocycles. The van der Waals surface area contributed by atoms with E-state index >= 15 is 0 Å². The summed E-state index contributed by atoms with van der Waals surface area (Å²) in [5.41, 5.74) is 0.855. The molecule has 1 aromatic heterocycles. The molecule has 0 aliphatic carbocycles. The summed E-state index contributed by atoms with van der Waals surface area (Å²) in [6.45, 7) is 2.82. The van der Waals surface area contributed by atoms with E-state index in [1.54, 1.807) is 12.3 Å². The van der Waals surface area contributed by atoms with Crippen molar-refractivity contribution < 1.29 is 22.7 Å². The van der Waals surface area contributed by atoms with Crippen LogP contribution in [0.3, 0.4) is 0 Å². The third-order valence-corrected chi connectivity index (χ3v) is 7.12. The number of nitrogens with zero attached hydrogens (tertiary/aromatic N) is 3. The Bertz CT molecular complexity index is 1040. The fourth-order valence-electron chi connectivity index (χ4n) is 3.56. The molecule has 0 spiro atoms. The zero-order valence-corrected chi connectivity index (χ0v) is 18.2. The molecule has 1 N–H and O–H groups in total. The summed E-state index contributed by atoms with van der Waals surface area (Å²) in [5, 5.41) is 2.75. The third kappa shape index (κ3) is 4.91. The van der Waals surface area contributed by atoms with Gasteiger partial charge < -0.3 is 19.7 Å². The van der Waals surface area contributed by atoms with Gasteiger partial charge in [-0.2, -0.15) is 4.31 Å². The number of benzene rings is 1. The summed E-state index contributed by atoms with van der Waals surface area (Å²) in [4.78, 5) is 19.1. The minimum Gasteiger partial charge on any atom is -0.486 e. The van der Waals surface area contributed by atoms with E-state index in [1.165, 1.54) is 32.0 Å². The van der Waals surface area contributed by atoms with Crippen molar-refractivity contribution >= 4 is 21.7 Å². The molecule has 1 saturated heterocycles. The molecule has 1 aromatic carbocycles. The van der Waals surface area contributed by atoms with E-state index in [0.717, 1.165) is 28.8 Å². The van der Waals surface area contributed by atoms with Gasteiger partial charge in [-0.15, -0.1) is 0 Å². The van der Waals surface area contributed by atoms with Crippen LogP contribution < -0.4 is 19.7 Å². The Morgan fingerprint density at radius 2 is 1.87 bits per heavy atom. The number of aromatic nitrogens is 1. The lowest BCUT2D eigenvalue weighted by atomic mass is 10.2. The van der Waals surface area contributed by atoms with Gasteiger partial charge in [-0.3, -0.25) is 4.79 Å². The minimum atomic E-state index is -3.85. The zero-order valence-electron chi connectivity index (χ0n) is 17.4. The van der Waals surface area contributed by atoms with Crippen molar-refractivity contribution in [1.29, 1.82) is 0 Å². The predicted octanol–water partition coefficient (Wildman–Crippen LogP) is 1.39. The van der Waals surface area contributed by atoms with Crippen LogP contribution >= 0.6 is 0 Å². The van der Waals surface area contributed by atoms with E-state index in [0.29, 0.717) is 24.7 Å². The molecule has 166 valence electrons. The monoisotopic (exact) mass is 446 g/mol. The average molecular weight is 447 g/mol. The van der Waals surface area contributed by atoms with Gasteiger partial charge >= 0.3 is 0 Å². The van der Waals surface area contributed by atoms with E-state index in [1.807, 2.05) is 12.1 Å². The van der Waals surface area contributed by atoms with Crippen molar-refractivity contribution in [3.8, 4) is 11.5 Å². The molecule has 3 heterocycles. The van der Waals surface area contributed by atoms with Crippen LogP contribution in [0.1, 0.15) is 18.4 Å². The first-order chi connectivity index (χ1) is 14.9. The second-order valence-electron chi connectivity index (χ2n) is 7.56. The highest BCUT2D eigenvalue weighted by atomic mass is 32.2. The average Bonchev–Trinajstić information content (AvgIpc) is 3.32. The number of hydrogen-bond acceptors (Lipinski definition) is 7. The van der Waals surface area contributed by atoms with Crippen LogP contribution in [0.25, 0.3) is 0 Å².